The van der Waals surface area contributed by atoms with E-state index in [0.717, 1.165) is 24.9 Å². The van der Waals surface area contributed by atoms with E-state index in [9.17, 15) is 4.79 Å². The molecule has 0 saturated carbocycles. The minimum absolute atomic E-state index is 0.105. The van der Waals surface area contributed by atoms with Crippen LogP contribution in [0.15, 0.2) is 30.5 Å². The topological polar surface area (TPSA) is 70.9 Å². The number of aromatic nitrogens is 1. The molecule has 1 atom stereocenters. The van der Waals surface area contributed by atoms with Gasteiger partial charge in [0, 0.05) is 42.0 Å². The lowest BCUT2D eigenvalue weighted by molar-refractivity contribution is -0.121. The van der Waals surface area contributed by atoms with Gasteiger partial charge in [0.15, 0.2) is 0 Å². The zero-order chi connectivity index (χ0) is 13.3. The average Bonchev–Trinajstić information content (AvgIpc) is 2.77. The Morgan fingerprint density at radius 3 is 3.00 bits per heavy atom. The third-order valence-electron chi connectivity index (χ3n) is 4.20. The van der Waals surface area contributed by atoms with Gasteiger partial charge in [0.1, 0.15) is 0 Å². The van der Waals surface area contributed by atoms with Crippen LogP contribution in [0.5, 0.6) is 0 Å². The number of H-pyrrole nitrogens is 1. The Bertz CT molecular complexity index is 604. The van der Waals surface area contributed by atoms with Crippen LogP contribution in [-0.2, 0) is 10.2 Å². The van der Waals surface area contributed by atoms with Crippen molar-refractivity contribution in [2.45, 2.75) is 24.7 Å². The summed E-state index contributed by atoms with van der Waals surface area (Å²) < 4.78 is 0. The van der Waals surface area contributed by atoms with Crippen molar-refractivity contribution >= 4 is 16.8 Å². The molecule has 100 valence electrons. The molecule has 1 fully saturated rings. The highest BCUT2D eigenvalue weighted by Gasteiger charge is 2.36. The van der Waals surface area contributed by atoms with E-state index >= 15 is 0 Å². The van der Waals surface area contributed by atoms with Crippen LogP contribution in [0.25, 0.3) is 10.9 Å². The first-order chi connectivity index (χ1) is 9.25. The lowest BCUT2D eigenvalue weighted by atomic mass is 9.74. The van der Waals surface area contributed by atoms with Crippen LogP contribution in [0.3, 0.4) is 0 Å². The number of hydrogen-bond donors (Lipinski definition) is 3. The summed E-state index contributed by atoms with van der Waals surface area (Å²) in [7, 11) is 0. The van der Waals surface area contributed by atoms with Gasteiger partial charge >= 0.3 is 0 Å². The van der Waals surface area contributed by atoms with Gasteiger partial charge in [0.2, 0.25) is 5.91 Å². The fraction of sp³-hybridized carbons (Fsp3) is 0.400. The second-order valence-electron chi connectivity index (χ2n) is 5.36. The SMILES string of the molecule is NCC1(c2c[nH]c3ccccc23)CCCNC(=O)C1. The number of nitrogens with one attached hydrogen (secondary N) is 2. The zero-order valence-corrected chi connectivity index (χ0v) is 10.9. The minimum Gasteiger partial charge on any atom is -0.361 e. The first-order valence-electron chi connectivity index (χ1n) is 6.78. The molecule has 0 bridgehead atoms. The molecule has 4 heteroatoms. The lowest BCUT2D eigenvalue weighted by Gasteiger charge is -2.30. The third kappa shape index (κ3) is 2.02. The summed E-state index contributed by atoms with van der Waals surface area (Å²) in [5.74, 6) is 0.105. The molecule has 2 aromatic rings. The number of benzene rings is 1. The predicted octanol–water partition coefficient (Wildman–Crippen LogP) is 1.66. The van der Waals surface area contributed by atoms with E-state index in [-0.39, 0.29) is 11.3 Å². The van der Waals surface area contributed by atoms with Crippen molar-refractivity contribution in [3.8, 4) is 0 Å². The fourth-order valence-electron chi connectivity index (χ4n) is 3.14. The molecular weight excluding hydrogens is 238 g/mol. The van der Waals surface area contributed by atoms with Crippen LogP contribution in [0.4, 0.5) is 0 Å². The van der Waals surface area contributed by atoms with Gasteiger partial charge in [-0.05, 0) is 24.5 Å². The van der Waals surface area contributed by atoms with Gasteiger partial charge in [-0.1, -0.05) is 18.2 Å². The number of nitrogens with two attached hydrogens (primary N) is 1. The lowest BCUT2D eigenvalue weighted by Crippen LogP contribution is -2.37. The molecular formula is C15H19N3O. The van der Waals surface area contributed by atoms with Crippen LogP contribution in [0, 0.1) is 0 Å². The van der Waals surface area contributed by atoms with E-state index in [0.29, 0.717) is 13.0 Å². The summed E-state index contributed by atoms with van der Waals surface area (Å²) in [6.07, 6.45) is 4.42. The Morgan fingerprint density at radius 1 is 1.32 bits per heavy atom. The summed E-state index contributed by atoms with van der Waals surface area (Å²) in [4.78, 5) is 15.2. The quantitative estimate of drug-likeness (QED) is 0.765. The van der Waals surface area contributed by atoms with Gasteiger partial charge in [-0.25, -0.2) is 0 Å². The number of carbonyl (C=O) groups is 1. The van der Waals surface area contributed by atoms with Crippen molar-refractivity contribution in [2.75, 3.05) is 13.1 Å². The number of aromatic amines is 1. The standard InChI is InChI=1S/C15H19N3O/c16-10-15(6-3-7-17-14(19)8-15)12-9-18-13-5-2-1-4-11(12)13/h1-2,4-5,9,18H,3,6-8,10,16H2,(H,17,19). The van der Waals surface area contributed by atoms with Crippen molar-refractivity contribution in [1.29, 1.82) is 0 Å². The number of rotatable bonds is 2. The summed E-state index contributed by atoms with van der Waals surface area (Å²) in [5, 5.41) is 4.12. The van der Waals surface area contributed by atoms with Crippen molar-refractivity contribution < 1.29 is 4.79 Å². The van der Waals surface area contributed by atoms with Gasteiger partial charge in [0.25, 0.3) is 0 Å². The Balaban J connectivity index is 2.12. The minimum atomic E-state index is -0.236. The second-order valence-corrected chi connectivity index (χ2v) is 5.36. The van der Waals surface area contributed by atoms with Gasteiger partial charge in [-0.3, -0.25) is 4.79 Å². The molecule has 1 unspecified atom stereocenters. The van der Waals surface area contributed by atoms with Crippen LogP contribution in [0.1, 0.15) is 24.8 Å². The van der Waals surface area contributed by atoms with E-state index in [1.54, 1.807) is 0 Å². The highest BCUT2D eigenvalue weighted by molar-refractivity contribution is 5.86. The molecule has 1 aromatic carbocycles. The van der Waals surface area contributed by atoms with Gasteiger partial charge in [0.05, 0.1) is 0 Å². The molecule has 1 aliphatic rings. The molecule has 2 heterocycles. The molecule has 19 heavy (non-hydrogen) atoms. The van der Waals surface area contributed by atoms with Gasteiger partial charge in [-0.15, -0.1) is 0 Å². The highest BCUT2D eigenvalue weighted by Crippen LogP contribution is 2.37. The maximum absolute atomic E-state index is 11.9. The summed E-state index contributed by atoms with van der Waals surface area (Å²) >= 11 is 0. The molecule has 0 aliphatic carbocycles. The fourth-order valence-corrected chi connectivity index (χ4v) is 3.14. The predicted molar refractivity (Wildman–Crippen MR) is 75.9 cm³/mol. The molecule has 1 aliphatic heterocycles. The summed E-state index contributed by atoms with van der Waals surface area (Å²) in [5.41, 5.74) is 8.11. The Kier molecular flexibility index (Phi) is 3.03. The van der Waals surface area contributed by atoms with Gasteiger partial charge in [-0.2, -0.15) is 0 Å². The maximum Gasteiger partial charge on any atom is 0.220 e. The largest absolute Gasteiger partial charge is 0.361 e. The van der Waals surface area contributed by atoms with E-state index in [2.05, 4.69) is 22.4 Å². The van der Waals surface area contributed by atoms with Crippen LogP contribution < -0.4 is 11.1 Å². The van der Waals surface area contributed by atoms with Crippen LogP contribution >= 0.6 is 0 Å². The molecule has 0 spiro atoms. The number of para-hydroxylation sites is 1. The molecule has 0 radical (unpaired) electrons. The zero-order valence-electron chi connectivity index (χ0n) is 10.9. The number of fused-ring (bicyclic) bond motifs is 1. The van der Waals surface area contributed by atoms with Crippen molar-refractivity contribution in [1.82, 2.24) is 10.3 Å². The first kappa shape index (κ1) is 12.2. The van der Waals surface area contributed by atoms with Crippen LogP contribution in [0.2, 0.25) is 0 Å². The second kappa shape index (κ2) is 4.70. The highest BCUT2D eigenvalue weighted by atomic mass is 16.1. The smallest absolute Gasteiger partial charge is 0.220 e. The Hall–Kier alpha value is -1.81. The van der Waals surface area contributed by atoms with E-state index in [1.165, 1.54) is 10.9 Å². The Labute approximate surface area is 112 Å². The van der Waals surface area contributed by atoms with Gasteiger partial charge < -0.3 is 16.0 Å². The average molecular weight is 257 g/mol. The molecule has 4 nitrogen and oxygen atoms in total. The maximum atomic E-state index is 11.9. The summed E-state index contributed by atoms with van der Waals surface area (Å²) in [6, 6.07) is 8.19. The number of carbonyl (C=O) groups excluding carboxylic acids is 1. The van der Waals surface area contributed by atoms with E-state index < -0.39 is 0 Å². The number of amides is 1. The Morgan fingerprint density at radius 2 is 2.16 bits per heavy atom. The van der Waals surface area contributed by atoms with Crippen LogP contribution in [-0.4, -0.2) is 24.0 Å². The van der Waals surface area contributed by atoms with Crippen molar-refractivity contribution in [3.05, 3.63) is 36.0 Å². The monoisotopic (exact) mass is 257 g/mol. The molecule has 4 N–H and O–H groups in total. The molecule has 3 rings (SSSR count). The molecule has 1 saturated heterocycles. The van der Waals surface area contributed by atoms with E-state index in [1.807, 2.05) is 18.3 Å². The first-order valence-corrected chi connectivity index (χ1v) is 6.78. The molecule has 1 aromatic heterocycles. The molecule has 1 amide bonds. The third-order valence-corrected chi connectivity index (χ3v) is 4.20. The van der Waals surface area contributed by atoms with E-state index in [4.69, 9.17) is 5.73 Å². The van der Waals surface area contributed by atoms with Crippen molar-refractivity contribution in [2.24, 2.45) is 5.73 Å². The van der Waals surface area contributed by atoms with Crippen molar-refractivity contribution in [3.63, 3.8) is 0 Å². The normalized spacial score (nSPS) is 24.2. The number of hydrogen-bond acceptors (Lipinski definition) is 2. The summed E-state index contributed by atoms with van der Waals surface area (Å²) in [6.45, 7) is 1.26.